The zero-order valence-electron chi connectivity index (χ0n) is 17.9. The molecular weight excluding hydrogens is 450 g/mol. The molecule has 10 heteroatoms. The highest BCUT2D eigenvalue weighted by atomic mass is 35.5. The molecule has 2 aromatic rings. The number of hydrogen-bond donors (Lipinski definition) is 3. The van der Waals surface area contributed by atoms with Crippen LogP contribution in [0.5, 0.6) is 0 Å². The first kappa shape index (κ1) is 23.8. The number of benzene rings is 2. The maximum Gasteiger partial charge on any atom is 0.340 e. The van der Waals surface area contributed by atoms with E-state index >= 15 is 0 Å². The van der Waals surface area contributed by atoms with Crippen molar-refractivity contribution in [3.8, 4) is 0 Å². The second-order valence-electron chi connectivity index (χ2n) is 7.02. The first-order chi connectivity index (χ1) is 15.8. The number of anilines is 1. The third kappa shape index (κ3) is 5.89. The molecule has 0 fully saturated rings. The monoisotopic (exact) mass is 471 g/mol. The van der Waals surface area contributed by atoms with Crippen molar-refractivity contribution >= 4 is 41.2 Å². The van der Waals surface area contributed by atoms with Crippen molar-refractivity contribution < 1.29 is 28.7 Å². The number of para-hydroxylation sites is 1. The van der Waals surface area contributed by atoms with Crippen molar-refractivity contribution in [2.45, 2.75) is 19.9 Å². The third-order valence-electron chi connectivity index (χ3n) is 4.71. The van der Waals surface area contributed by atoms with Crippen molar-refractivity contribution in [3.05, 3.63) is 76.0 Å². The number of hydrogen-bond acceptors (Lipinski definition) is 6. The zero-order chi connectivity index (χ0) is 24.0. The molecule has 3 rings (SSSR count). The number of halogens is 1. The van der Waals surface area contributed by atoms with Crippen molar-refractivity contribution in [2.75, 3.05) is 18.5 Å². The van der Waals surface area contributed by atoms with Crippen LogP contribution < -0.4 is 16.0 Å². The third-order valence-corrected chi connectivity index (χ3v) is 4.97. The molecule has 2 aromatic carbocycles. The molecule has 33 heavy (non-hydrogen) atoms. The molecule has 1 heterocycles. The van der Waals surface area contributed by atoms with Gasteiger partial charge < -0.3 is 25.4 Å². The number of nitrogens with one attached hydrogen (secondary N) is 3. The van der Waals surface area contributed by atoms with Crippen LogP contribution >= 0.6 is 11.6 Å². The van der Waals surface area contributed by atoms with E-state index < -0.39 is 29.9 Å². The molecule has 0 aliphatic carbocycles. The van der Waals surface area contributed by atoms with Crippen LogP contribution in [0.15, 0.2) is 59.8 Å². The number of amides is 3. The minimum absolute atomic E-state index is 0.103. The van der Waals surface area contributed by atoms with Gasteiger partial charge in [-0.1, -0.05) is 23.7 Å². The molecule has 1 aliphatic heterocycles. The van der Waals surface area contributed by atoms with Crippen molar-refractivity contribution in [3.63, 3.8) is 0 Å². The van der Waals surface area contributed by atoms with E-state index in [2.05, 4.69) is 16.0 Å². The summed E-state index contributed by atoms with van der Waals surface area (Å²) >= 11 is 5.85. The lowest BCUT2D eigenvalue weighted by Crippen LogP contribution is -2.50. The molecule has 0 bridgehead atoms. The number of carbonyl (C=O) groups excluding carboxylic acids is 4. The molecule has 0 saturated heterocycles. The highest BCUT2D eigenvalue weighted by Crippen LogP contribution is 2.20. The van der Waals surface area contributed by atoms with Crippen LogP contribution in [0.3, 0.4) is 0 Å². The number of ether oxygens (including phenoxy) is 2. The van der Waals surface area contributed by atoms with Crippen LogP contribution in [0.1, 0.15) is 34.6 Å². The molecule has 1 atom stereocenters. The Labute approximate surface area is 195 Å². The van der Waals surface area contributed by atoms with E-state index in [1.54, 1.807) is 56.3 Å². The second kappa shape index (κ2) is 10.6. The van der Waals surface area contributed by atoms with Gasteiger partial charge in [-0.25, -0.2) is 14.4 Å². The van der Waals surface area contributed by atoms with Crippen LogP contribution in [0, 0.1) is 0 Å². The summed E-state index contributed by atoms with van der Waals surface area (Å²) in [5.41, 5.74) is 0.990. The predicted molar refractivity (Wildman–Crippen MR) is 121 cm³/mol. The molecule has 0 saturated carbocycles. The highest BCUT2D eigenvalue weighted by Gasteiger charge is 2.30. The van der Waals surface area contributed by atoms with Crippen molar-refractivity contribution in [2.24, 2.45) is 0 Å². The average molecular weight is 472 g/mol. The molecule has 9 nitrogen and oxygen atoms in total. The van der Waals surface area contributed by atoms with Crippen LogP contribution in [-0.4, -0.2) is 43.1 Å². The maximum absolute atomic E-state index is 12.8. The van der Waals surface area contributed by atoms with Gasteiger partial charge in [0.1, 0.15) is 6.61 Å². The molecule has 0 aromatic heterocycles. The van der Waals surface area contributed by atoms with Gasteiger partial charge in [0.05, 0.1) is 35.2 Å². The number of urea groups is 1. The first-order valence-corrected chi connectivity index (χ1v) is 10.5. The van der Waals surface area contributed by atoms with Gasteiger partial charge in [-0.15, -0.1) is 0 Å². The number of carbonyl (C=O) groups is 4. The Morgan fingerprint density at radius 2 is 1.73 bits per heavy atom. The molecule has 0 unspecified atom stereocenters. The SMILES string of the molecule is CCOC(=O)C1=C(COC(=O)c2ccccc2NC(=O)c2ccc(Cl)cc2)NC(=O)N[C@@H]1C. The molecular formula is C23H22ClN3O6. The van der Waals surface area contributed by atoms with Gasteiger partial charge in [0.25, 0.3) is 5.91 Å². The smallest absolute Gasteiger partial charge is 0.340 e. The summed E-state index contributed by atoms with van der Waals surface area (Å²) in [6.45, 7) is 3.06. The maximum atomic E-state index is 12.8. The Hall–Kier alpha value is -3.85. The lowest BCUT2D eigenvalue weighted by Gasteiger charge is -2.26. The molecule has 1 aliphatic rings. The van der Waals surface area contributed by atoms with Crippen LogP contribution in [-0.2, 0) is 14.3 Å². The Kier molecular flexibility index (Phi) is 7.68. The summed E-state index contributed by atoms with van der Waals surface area (Å²) in [6, 6.07) is 11.4. The van der Waals surface area contributed by atoms with E-state index in [0.29, 0.717) is 10.6 Å². The fourth-order valence-corrected chi connectivity index (χ4v) is 3.30. The standard InChI is InChI=1S/C23H22ClN3O6/c1-3-32-22(30)19-13(2)25-23(31)27-18(19)12-33-21(29)16-6-4-5-7-17(16)26-20(28)14-8-10-15(24)11-9-14/h4-11,13H,3,12H2,1-2H3,(H,26,28)(H2,25,27,31)/t13-/m1/s1. The minimum Gasteiger partial charge on any atom is -0.463 e. The van der Waals surface area contributed by atoms with Gasteiger partial charge in [-0.2, -0.15) is 0 Å². The highest BCUT2D eigenvalue weighted by molar-refractivity contribution is 6.30. The first-order valence-electron chi connectivity index (χ1n) is 10.1. The van der Waals surface area contributed by atoms with E-state index in [1.807, 2.05) is 0 Å². The zero-order valence-corrected chi connectivity index (χ0v) is 18.7. The molecule has 0 spiro atoms. The molecule has 3 amide bonds. The average Bonchev–Trinajstić information content (AvgIpc) is 2.78. The van der Waals surface area contributed by atoms with Crippen LogP contribution in [0.2, 0.25) is 5.02 Å². The quantitative estimate of drug-likeness (QED) is 0.532. The van der Waals surface area contributed by atoms with E-state index in [1.165, 1.54) is 6.07 Å². The molecule has 3 N–H and O–H groups in total. The Morgan fingerprint density at radius 3 is 2.42 bits per heavy atom. The molecule has 172 valence electrons. The van der Waals surface area contributed by atoms with Gasteiger partial charge >= 0.3 is 18.0 Å². The van der Waals surface area contributed by atoms with E-state index in [0.717, 1.165) is 0 Å². The lowest BCUT2D eigenvalue weighted by atomic mass is 10.0. The van der Waals surface area contributed by atoms with E-state index in [4.69, 9.17) is 21.1 Å². The van der Waals surface area contributed by atoms with Crippen molar-refractivity contribution in [1.29, 1.82) is 0 Å². The summed E-state index contributed by atoms with van der Waals surface area (Å²) in [7, 11) is 0. The Balaban J connectivity index is 1.77. The fraction of sp³-hybridized carbons (Fsp3) is 0.217. The van der Waals surface area contributed by atoms with Gasteiger partial charge in [0.2, 0.25) is 0 Å². The summed E-state index contributed by atoms with van der Waals surface area (Å²) in [5.74, 6) is -1.81. The lowest BCUT2D eigenvalue weighted by molar-refractivity contribution is -0.139. The largest absolute Gasteiger partial charge is 0.463 e. The summed E-state index contributed by atoms with van der Waals surface area (Å²) in [5, 5.41) is 8.22. The van der Waals surface area contributed by atoms with Gasteiger partial charge in [-0.3, -0.25) is 4.79 Å². The summed E-state index contributed by atoms with van der Waals surface area (Å²) < 4.78 is 10.4. The fourth-order valence-electron chi connectivity index (χ4n) is 3.17. The summed E-state index contributed by atoms with van der Waals surface area (Å²) in [4.78, 5) is 49.5. The van der Waals surface area contributed by atoms with E-state index in [9.17, 15) is 19.2 Å². The van der Waals surface area contributed by atoms with E-state index in [-0.39, 0.29) is 35.7 Å². The van der Waals surface area contributed by atoms with Gasteiger partial charge in [-0.05, 0) is 50.2 Å². The second-order valence-corrected chi connectivity index (χ2v) is 7.45. The Bertz CT molecular complexity index is 1110. The predicted octanol–water partition coefficient (Wildman–Crippen LogP) is 3.27. The number of rotatable bonds is 7. The van der Waals surface area contributed by atoms with Crippen LogP contribution in [0.4, 0.5) is 10.5 Å². The normalized spacial score (nSPS) is 15.2. The number of esters is 2. The van der Waals surface area contributed by atoms with Crippen molar-refractivity contribution in [1.82, 2.24) is 10.6 Å². The Morgan fingerprint density at radius 1 is 1.03 bits per heavy atom. The van der Waals surface area contributed by atoms with Gasteiger partial charge in [0.15, 0.2) is 0 Å². The topological polar surface area (TPSA) is 123 Å². The molecule has 0 radical (unpaired) electrons. The van der Waals surface area contributed by atoms with Gasteiger partial charge in [0, 0.05) is 10.6 Å². The van der Waals surface area contributed by atoms with Crippen LogP contribution in [0.25, 0.3) is 0 Å². The minimum atomic E-state index is -0.752. The summed E-state index contributed by atoms with van der Waals surface area (Å²) in [6.07, 6.45) is 0.